The Morgan fingerprint density at radius 3 is 1.77 bits per heavy atom. The van der Waals surface area contributed by atoms with E-state index >= 15 is 0 Å². The fourth-order valence-electron chi connectivity index (χ4n) is 3.42. The predicted octanol–water partition coefficient (Wildman–Crippen LogP) is 2.55. The van der Waals surface area contributed by atoms with Crippen LogP contribution in [-0.4, -0.2) is 48.4 Å². The molecule has 4 nitrogen and oxygen atoms in total. The first-order valence-corrected chi connectivity index (χ1v) is 8.81. The average molecular weight is 359 g/mol. The van der Waals surface area contributed by atoms with Crippen LogP contribution in [0.2, 0.25) is 0 Å². The highest BCUT2D eigenvalue weighted by Crippen LogP contribution is 2.30. The van der Waals surface area contributed by atoms with Gasteiger partial charge < -0.3 is 10.6 Å². The Morgan fingerprint density at radius 2 is 1.35 bits per heavy atom. The quantitative estimate of drug-likeness (QED) is 0.893. The van der Waals surface area contributed by atoms with Gasteiger partial charge in [0.25, 0.3) is 0 Å². The number of nitrogens with two attached hydrogens (primary N) is 1. The second-order valence-corrected chi connectivity index (χ2v) is 6.46. The smallest absolute Gasteiger partial charge is 0.223 e. The van der Waals surface area contributed by atoms with E-state index in [1.165, 1.54) is 24.3 Å². The number of amides is 1. The van der Waals surface area contributed by atoms with Gasteiger partial charge in [0.1, 0.15) is 11.6 Å². The highest BCUT2D eigenvalue weighted by Gasteiger charge is 2.28. The Kier molecular flexibility index (Phi) is 5.96. The van der Waals surface area contributed by atoms with Gasteiger partial charge in [-0.2, -0.15) is 0 Å². The first-order chi connectivity index (χ1) is 12.6. The lowest BCUT2D eigenvalue weighted by Gasteiger charge is -2.39. The van der Waals surface area contributed by atoms with Crippen molar-refractivity contribution in [2.75, 3.05) is 32.7 Å². The van der Waals surface area contributed by atoms with Gasteiger partial charge in [-0.1, -0.05) is 24.3 Å². The molecule has 0 atom stereocenters. The minimum Gasteiger partial charge on any atom is -0.340 e. The maximum atomic E-state index is 13.3. The van der Waals surface area contributed by atoms with E-state index in [-0.39, 0.29) is 23.6 Å². The summed E-state index contributed by atoms with van der Waals surface area (Å²) in [5, 5.41) is 0. The minimum absolute atomic E-state index is 0.0762. The molecule has 0 radical (unpaired) electrons. The van der Waals surface area contributed by atoms with Crippen LogP contribution in [0, 0.1) is 11.6 Å². The Hall–Kier alpha value is -2.31. The fraction of sp³-hybridized carbons (Fsp3) is 0.350. The Balaban J connectivity index is 1.81. The fourth-order valence-corrected chi connectivity index (χ4v) is 3.42. The molecule has 1 heterocycles. The van der Waals surface area contributed by atoms with Crippen molar-refractivity contribution in [1.29, 1.82) is 0 Å². The summed E-state index contributed by atoms with van der Waals surface area (Å²) in [5.74, 6) is -0.500. The number of carbonyl (C=O) groups is 1. The standard InChI is InChI=1S/C20H23F2N3O/c21-17-5-1-15(2-6-17)20(16-3-7-18(22)8-4-16)25-13-11-24(12-14-25)19(26)9-10-23/h1-8,20H,9-14,23H2. The van der Waals surface area contributed by atoms with Crippen LogP contribution in [0.25, 0.3) is 0 Å². The number of hydrogen-bond acceptors (Lipinski definition) is 3. The van der Waals surface area contributed by atoms with Gasteiger partial charge in [0.15, 0.2) is 0 Å². The van der Waals surface area contributed by atoms with E-state index in [2.05, 4.69) is 4.90 Å². The maximum absolute atomic E-state index is 13.3. The van der Waals surface area contributed by atoms with Crippen molar-refractivity contribution >= 4 is 5.91 Å². The lowest BCUT2D eigenvalue weighted by Crippen LogP contribution is -2.50. The normalized spacial score (nSPS) is 15.5. The third kappa shape index (κ3) is 4.26. The van der Waals surface area contributed by atoms with Gasteiger partial charge >= 0.3 is 0 Å². The van der Waals surface area contributed by atoms with E-state index in [9.17, 15) is 13.6 Å². The van der Waals surface area contributed by atoms with Crippen molar-refractivity contribution in [2.24, 2.45) is 5.73 Å². The summed E-state index contributed by atoms with van der Waals surface area (Å²) in [4.78, 5) is 16.1. The molecular weight excluding hydrogens is 336 g/mol. The van der Waals surface area contributed by atoms with Crippen LogP contribution in [0.4, 0.5) is 8.78 Å². The zero-order valence-electron chi connectivity index (χ0n) is 14.6. The van der Waals surface area contributed by atoms with Crippen molar-refractivity contribution in [3.63, 3.8) is 0 Å². The van der Waals surface area contributed by atoms with Crippen LogP contribution in [0.1, 0.15) is 23.6 Å². The van der Waals surface area contributed by atoms with Crippen molar-refractivity contribution in [3.8, 4) is 0 Å². The molecule has 0 saturated carbocycles. The van der Waals surface area contributed by atoms with Crippen LogP contribution < -0.4 is 5.73 Å². The van der Waals surface area contributed by atoms with Gasteiger partial charge in [-0.3, -0.25) is 9.69 Å². The molecule has 0 unspecified atom stereocenters. The van der Waals surface area contributed by atoms with Crippen molar-refractivity contribution in [2.45, 2.75) is 12.5 Å². The van der Waals surface area contributed by atoms with Crippen LogP contribution in [-0.2, 0) is 4.79 Å². The highest BCUT2D eigenvalue weighted by molar-refractivity contribution is 5.76. The van der Waals surface area contributed by atoms with Crippen LogP contribution in [0.3, 0.4) is 0 Å². The van der Waals surface area contributed by atoms with Crippen LogP contribution in [0.5, 0.6) is 0 Å². The average Bonchev–Trinajstić information content (AvgIpc) is 2.66. The van der Waals surface area contributed by atoms with Gasteiger partial charge in [0.05, 0.1) is 6.04 Å². The van der Waals surface area contributed by atoms with Crippen molar-refractivity contribution in [3.05, 3.63) is 71.3 Å². The van der Waals surface area contributed by atoms with E-state index in [4.69, 9.17) is 5.73 Å². The molecule has 0 aliphatic carbocycles. The molecule has 2 aromatic rings. The van der Waals surface area contributed by atoms with Gasteiger partial charge in [0, 0.05) is 39.1 Å². The molecule has 1 saturated heterocycles. The van der Waals surface area contributed by atoms with E-state index < -0.39 is 0 Å². The second kappa shape index (κ2) is 8.38. The monoisotopic (exact) mass is 359 g/mol. The molecule has 6 heteroatoms. The zero-order valence-corrected chi connectivity index (χ0v) is 14.6. The van der Waals surface area contributed by atoms with Crippen LogP contribution in [0.15, 0.2) is 48.5 Å². The summed E-state index contributed by atoms with van der Waals surface area (Å²) < 4.78 is 26.7. The second-order valence-electron chi connectivity index (χ2n) is 6.46. The maximum Gasteiger partial charge on any atom is 0.223 e. The summed E-state index contributed by atoms with van der Waals surface area (Å²) in [7, 11) is 0. The third-order valence-corrected chi connectivity index (χ3v) is 4.76. The molecule has 1 amide bonds. The molecule has 26 heavy (non-hydrogen) atoms. The molecular formula is C20H23F2N3O. The summed E-state index contributed by atoms with van der Waals surface area (Å²) in [6, 6.07) is 12.7. The molecule has 1 fully saturated rings. The minimum atomic E-state index is -0.288. The SMILES string of the molecule is NCCC(=O)N1CCN(C(c2ccc(F)cc2)c2ccc(F)cc2)CC1. The zero-order chi connectivity index (χ0) is 18.5. The Morgan fingerprint density at radius 1 is 0.885 bits per heavy atom. The summed E-state index contributed by atoms with van der Waals surface area (Å²) in [6.45, 7) is 2.98. The van der Waals surface area contributed by atoms with E-state index in [0.717, 1.165) is 11.1 Å². The van der Waals surface area contributed by atoms with E-state index in [1.54, 1.807) is 24.3 Å². The summed E-state index contributed by atoms with van der Waals surface area (Å²) in [6.07, 6.45) is 0.360. The predicted molar refractivity (Wildman–Crippen MR) is 96.5 cm³/mol. The number of piperazine rings is 1. The largest absolute Gasteiger partial charge is 0.340 e. The molecule has 2 N–H and O–H groups in total. The molecule has 138 valence electrons. The first kappa shape index (κ1) is 18.5. The number of hydrogen-bond donors (Lipinski definition) is 1. The van der Waals surface area contributed by atoms with Gasteiger partial charge in [-0.25, -0.2) is 8.78 Å². The first-order valence-electron chi connectivity index (χ1n) is 8.81. The third-order valence-electron chi connectivity index (χ3n) is 4.76. The highest BCUT2D eigenvalue weighted by atomic mass is 19.1. The Bertz CT molecular complexity index is 680. The lowest BCUT2D eigenvalue weighted by atomic mass is 9.96. The number of halogens is 2. The molecule has 2 aromatic carbocycles. The molecule has 0 aromatic heterocycles. The van der Waals surface area contributed by atoms with Gasteiger partial charge in [0.2, 0.25) is 5.91 Å². The molecule has 0 bridgehead atoms. The summed E-state index contributed by atoms with van der Waals surface area (Å²) in [5.41, 5.74) is 7.36. The molecule has 3 rings (SSSR count). The van der Waals surface area contributed by atoms with Crippen molar-refractivity contribution in [1.82, 2.24) is 9.80 Å². The topological polar surface area (TPSA) is 49.6 Å². The molecule has 1 aliphatic rings. The van der Waals surface area contributed by atoms with E-state index in [0.29, 0.717) is 39.1 Å². The molecule has 1 aliphatic heterocycles. The number of nitrogens with zero attached hydrogens (tertiary/aromatic N) is 2. The number of carbonyl (C=O) groups excluding carboxylic acids is 1. The van der Waals surface area contributed by atoms with Crippen LogP contribution >= 0.6 is 0 Å². The number of benzene rings is 2. The van der Waals surface area contributed by atoms with Crippen molar-refractivity contribution < 1.29 is 13.6 Å². The lowest BCUT2D eigenvalue weighted by molar-refractivity contribution is -0.132. The number of rotatable bonds is 5. The Labute approximate surface area is 152 Å². The van der Waals surface area contributed by atoms with Gasteiger partial charge in [-0.15, -0.1) is 0 Å². The van der Waals surface area contributed by atoms with E-state index in [1.807, 2.05) is 4.90 Å². The molecule has 0 spiro atoms. The van der Waals surface area contributed by atoms with Gasteiger partial charge in [-0.05, 0) is 35.4 Å². The summed E-state index contributed by atoms with van der Waals surface area (Å²) >= 11 is 0.